The summed E-state index contributed by atoms with van der Waals surface area (Å²) in [5.41, 5.74) is 0. The van der Waals surface area contributed by atoms with Crippen LogP contribution < -0.4 is 10.1 Å². The third-order valence-corrected chi connectivity index (χ3v) is 6.27. The van der Waals surface area contributed by atoms with Gasteiger partial charge in [-0.2, -0.15) is 0 Å². The van der Waals surface area contributed by atoms with Crippen molar-refractivity contribution in [2.75, 3.05) is 32.8 Å². The van der Waals surface area contributed by atoms with Crippen LogP contribution in [0.2, 0.25) is 4.34 Å². The quantitative estimate of drug-likeness (QED) is 0.671. The number of nitrogens with zero attached hydrogens (tertiary/aromatic N) is 2. The molecule has 8 heteroatoms. The molecule has 1 saturated heterocycles. The normalized spacial score (nSPS) is 15.8. The largest absolute Gasteiger partial charge is 0.484 e. The summed E-state index contributed by atoms with van der Waals surface area (Å²) < 4.78 is 6.29. The number of hydrogen-bond donors (Lipinski definition) is 1. The molecule has 0 radical (unpaired) electrons. The zero-order valence-corrected chi connectivity index (χ0v) is 18.9. The molecule has 1 aromatic heterocycles. The maximum absolute atomic E-state index is 13.1. The van der Waals surface area contributed by atoms with Crippen LogP contribution in [0.4, 0.5) is 0 Å². The van der Waals surface area contributed by atoms with Crippen LogP contribution in [-0.2, 0) is 16.1 Å². The van der Waals surface area contributed by atoms with E-state index in [1.165, 1.54) is 4.88 Å². The van der Waals surface area contributed by atoms with Crippen LogP contribution in [0.1, 0.15) is 18.7 Å². The van der Waals surface area contributed by atoms with Gasteiger partial charge >= 0.3 is 0 Å². The number of nitrogens with one attached hydrogen (secondary N) is 1. The molecule has 0 saturated carbocycles. The molecule has 2 amide bonds. The first-order valence-electron chi connectivity index (χ1n) is 10.1. The maximum atomic E-state index is 13.1. The molecule has 3 rings (SSSR count). The summed E-state index contributed by atoms with van der Waals surface area (Å²) >= 11 is 7.60. The van der Waals surface area contributed by atoms with Crippen molar-refractivity contribution in [2.24, 2.45) is 5.92 Å². The highest BCUT2D eigenvalue weighted by Gasteiger charge is 2.30. The monoisotopic (exact) mass is 449 g/mol. The number of hydrogen-bond acceptors (Lipinski definition) is 5. The molecular formula is C22H28ClN3O3S. The summed E-state index contributed by atoms with van der Waals surface area (Å²) in [7, 11) is 0. The molecule has 1 aliphatic heterocycles. The number of benzene rings is 1. The van der Waals surface area contributed by atoms with Gasteiger partial charge in [0, 0.05) is 37.6 Å². The third kappa shape index (κ3) is 6.45. The van der Waals surface area contributed by atoms with Crippen LogP contribution in [0.25, 0.3) is 0 Å². The standard InChI is InChI=1S/C22H28ClN3O3S/c1-16(2)21(24-20(27)15-29-17-6-4-3-5-7-17)22(28)26-12-10-25(11-13-26)14-18-8-9-19(23)30-18/h3-9,16,21H,10-15H2,1-2H3,(H,24,27)/t21-/m1/s1. The predicted molar refractivity (Wildman–Crippen MR) is 120 cm³/mol. The van der Waals surface area contributed by atoms with Crippen LogP contribution in [0.5, 0.6) is 5.75 Å². The lowest BCUT2D eigenvalue weighted by atomic mass is 10.0. The van der Waals surface area contributed by atoms with Gasteiger partial charge in [0.15, 0.2) is 6.61 Å². The van der Waals surface area contributed by atoms with E-state index in [0.717, 1.165) is 24.0 Å². The smallest absolute Gasteiger partial charge is 0.258 e. The lowest BCUT2D eigenvalue weighted by molar-refractivity contribution is -0.139. The fraction of sp³-hybridized carbons (Fsp3) is 0.455. The lowest BCUT2D eigenvalue weighted by Gasteiger charge is -2.37. The minimum Gasteiger partial charge on any atom is -0.484 e. The second-order valence-corrected chi connectivity index (χ2v) is 9.50. The second kappa shape index (κ2) is 10.8. The van der Waals surface area contributed by atoms with Crippen molar-refractivity contribution in [1.29, 1.82) is 0 Å². The van der Waals surface area contributed by atoms with Gasteiger partial charge < -0.3 is 15.0 Å². The number of thiophene rings is 1. The van der Waals surface area contributed by atoms with Gasteiger partial charge in [-0.1, -0.05) is 43.6 Å². The van der Waals surface area contributed by atoms with Gasteiger partial charge in [-0.25, -0.2) is 0 Å². The van der Waals surface area contributed by atoms with E-state index in [2.05, 4.69) is 10.2 Å². The van der Waals surface area contributed by atoms with Crippen molar-refractivity contribution in [2.45, 2.75) is 26.4 Å². The van der Waals surface area contributed by atoms with E-state index in [1.54, 1.807) is 23.5 Å². The molecular weight excluding hydrogens is 422 g/mol. The Morgan fingerprint density at radius 1 is 1.10 bits per heavy atom. The van der Waals surface area contributed by atoms with E-state index in [9.17, 15) is 9.59 Å². The molecule has 6 nitrogen and oxygen atoms in total. The summed E-state index contributed by atoms with van der Waals surface area (Å²) in [6.45, 7) is 7.52. The molecule has 0 unspecified atom stereocenters. The Hall–Kier alpha value is -2.09. The van der Waals surface area contributed by atoms with Crippen LogP contribution in [0.3, 0.4) is 0 Å². The topological polar surface area (TPSA) is 61.9 Å². The predicted octanol–water partition coefficient (Wildman–Crippen LogP) is 3.27. The molecule has 0 bridgehead atoms. The average molecular weight is 450 g/mol. The first kappa shape index (κ1) is 22.6. The van der Waals surface area contributed by atoms with Crippen LogP contribution in [-0.4, -0.2) is 60.4 Å². The van der Waals surface area contributed by atoms with E-state index in [0.29, 0.717) is 18.8 Å². The first-order chi connectivity index (χ1) is 14.4. The Morgan fingerprint density at radius 2 is 1.80 bits per heavy atom. The summed E-state index contributed by atoms with van der Waals surface area (Å²) in [4.78, 5) is 30.8. The Balaban J connectivity index is 1.48. The number of rotatable bonds is 8. The molecule has 1 atom stereocenters. The Bertz CT molecular complexity index is 835. The summed E-state index contributed by atoms with van der Waals surface area (Å²) in [6.07, 6.45) is 0. The van der Waals surface area contributed by atoms with Crippen LogP contribution in [0.15, 0.2) is 42.5 Å². The molecule has 0 aliphatic carbocycles. The fourth-order valence-corrected chi connectivity index (χ4v) is 4.50. The van der Waals surface area contributed by atoms with E-state index in [-0.39, 0.29) is 24.3 Å². The Morgan fingerprint density at radius 3 is 2.40 bits per heavy atom. The molecule has 1 aromatic carbocycles. The highest BCUT2D eigenvalue weighted by molar-refractivity contribution is 7.16. The first-order valence-corrected chi connectivity index (χ1v) is 11.3. The number of piperazine rings is 1. The number of halogens is 1. The highest BCUT2D eigenvalue weighted by Crippen LogP contribution is 2.23. The molecule has 30 heavy (non-hydrogen) atoms. The summed E-state index contributed by atoms with van der Waals surface area (Å²) in [5, 5.41) is 2.86. The van der Waals surface area contributed by atoms with Crippen molar-refractivity contribution in [3.8, 4) is 5.75 Å². The van der Waals surface area contributed by atoms with Gasteiger partial charge in [0.05, 0.1) is 4.34 Å². The lowest BCUT2D eigenvalue weighted by Crippen LogP contribution is -2.56. The van der Waals surface area contributed by atoms with Crippen molar-refractivity contribution in [1.82, 2.24) is 15.1 Å². The van der Waals surface area contributed by atoms with Crippen molar-refractivity contribution < 1.29 is 14.3 Å². The van der Waals surface area contributed by atoms with E-state index in [4.69, 9.17) is 16.3 Å². The second-order valence-electron chi connectivity index (χ2n) is 7.70. The van der Waals surface area contributed by atoms with Crippen molar-refractivity contribution in [3.63, 3.8) is 0 Å². The fourth-order valence-electron chi connectivity index (χ4n) is 3.37. The molecule has 2 heterocycles. The molecule has 1 N–H and O–H groups in total. The number of amides is 2. The van der Waals surface area contributed by atoms with Crippen molar-refractivity contribution >= 4 is 34.8 Å². The van der Waals surface area contributed by atoms with Gasteiger partial charge in [0.1, 0.15) is 11.8 Å². The van der Waals surface area contributed by atoms with E-state index >= 15 is 0 Å². The summed E-state index contributed by atoms with van der Waals surface area (Å²) in [6, 6.07) is 12.6. The van der Waals surface area contributed by atoms with E-state index in [1.807, 2.05) is 49.1 Å². The molecule has 1 fully saturated rings. The van der Waals surface area contributed by atoms with Gasteiger partial charge in [-0.3, -0.25) is 14.5 Å². The maximum Gasteiger partial charge on any atom is 0.258 e. The molecule has 1 aliphatic rings. The minimum atomic E-state index is -0.556. The van der Waals surface area contributed by atoms with Crippen LogP contribution in [0, 0.1) is 5.92 Å². The Kier molecular flexibility index (Phi) is 8.13. The SMILES string of the molecule is CC(C)[C@@H](NC(=O)COc1ccccc1)C(=O)N1CCN(Cc2ccc(Cl)s2)CC1. The van der Waals surface area contributed by atoms with E-state index < -0.39 is 6.04 Å². The third-order valence-electron chi connectivity index (χ3n) is 5.05. The summed E-state index contributed by atoms with van der Waals surface area (Å²) in [5.74, 6) is 0.295. The zero-order valence-electron chi connectivity index (χ0n) is 17.3. The number of carbonyl (C=O) groups excluding carboxylic acids is 2. The van der Waals surface area contributed by atoms with Crippen LogP contribution >= 0.6 is 22.9 Å². The minimum absolute atomic E-state index is 0.00975. The number of carbonyl (C=O) groups is 2. The van der Waals surface area contributed by atoms with Crippen molar-refractivity contribution in [3.05, 3.63) is 51.7 Å². The molecule has 0 spiro atoms. The zero-order chi connectivity index (χ0) is 21.5. The Labute approximate surface area is 186 Å². The highest BCUT2D eigenvalue weighted by atomic mass is 35.5. The van der Waals surface area contributed by atoms with Gasteiger partial charge in [0.2, 0.25) is 5.91 Å². The molecule has 162 valence electrons. The number of ether oxygens (including phenoxy) is 1. The van der Waals surface area contributed by atoms with Gasteiger partial charge in [-0.15, -0.1) is 11.3 Å². The van der Waals surface area contributed by atoms with Gasteiger partial charge in [0.25, 0.3) is 5.91 Å². The van der Waals surface area contributed by atoms with Gasteiger partial charge in [-0.05, 0) is 30.2 Å². The molecule has 2 aromatic rings. The number of para-hydroxylation sites is 1. The average Bonchev–Trinajstić information content (AvgIpc) is 3.15.